The third kappa shape index (κ3) is 5.95. The lowest BCUT2D eigenvalue weighted by Gasteiger charge is -2.14. The summed E-state index contributed by atoms with van der Waals surface area (Å²) in [4.78, 5) is 14.5. The average Bonchev–Trinajstić information content (AvgIpc) is 2.71. The van der Waals surface area contributed by atoms with Gasteiger partial charge >= 0.3 is 0 Å². The number of nitrogens with zero attached hydrogens (tertiary/aromatic N) is 1. The van der Waals surface area contributed by atoms with Gasteiger partial charge in [0.2, 0.25) is 0 Å². The minimum atomic E-state index is -0.289. The molecule has 0 aliphatic carbocycles. The lowest BCUT2D eigenvalue weighted by molar-refractivity contribution is 0.0950. The fraction of sp³-hybridized carbons (Fsp3) is 0.381. The number of aliphatic hydroxyl groups excluding tert-OH is 2. The number of hydrogen-bond acceptors (Lipinski definition) is 6. The lowest BCUT2D eigenvalue weighted by Crippen LogP contribution is -2.23. The van der Waals surface area contributed by atoms with Gasteiger partial charge < -0.3 is 29.9 Å². The molecule has 0 radical (unpaired) electrons. The predicted octanol–water partition coefficient (Wildman–Crippen LogP) is 1.55. The topological polar surface area (TPSA) is 91.3 Å². The summed E-state index contributed by atoms with van der Waals surface area (Å²) in [5.74, 6) is 0.871. The summed E-state index contributed by atoms with van der Waals surface area (Å²) in [6, 6.07) is 10.7. The number of rotatable bonds is 10. The molecule has 0 spiro atoms. The summed E-state index contributed by atoms with van der Waals surface area (Å²) < 4.78 is 10.9. The molecule has 0 atom stereocenters. The Morgan fingerprint density at radius 1 is 1.11 bits per heavy atom. The first-order valence-corrected chi connectivity index (χ1v) is 9.04. The molecule has 0 saturated carbocycles. The number of amides is 1. The van der Waals surface area contributed by atoms with Crippen LogP contribution < -0.4 is 14.8 Å². The number of hydrogen-bond donors (Lipinski definition) is 3. The van der Waals surface area contributed by atoms with E-state index in [1.807, 2.05) is 43.3 Å². The second kappa shape index (κ2) is 10.7. The number of ether oxygens (including phenoxy) is 2. The van der Waals surface area contributed by atoms with Gasteiger partial charge in [0.25, 0.3) is 5.91 Å². The summed E-state index contributed by atoms with van der Waals surface area (Å²) in [5, 5.41) is 21.8. The van der Waals surface area contributed by atoms with Crippen molar-refractivity contribution in [3.05, 3.63) is 58.7 Å². The Bertz CT molecular complexity index is 750. The fourth-order valence-electron chi connectivity index (χ4n) is 2.67. The van der Waals surface area contributed by atoms with E-state index in [4.69, 9.17) is 9.47 Å². The van der Waals surface area contributed by atoms with E-state index >= 15 is 0 Å². The molecule has 0 heterocycles. The molecule has 0 aliphatic heterocycles. The third-order valence-electron chi connectivity index (χ3n) is 4.30. The van der Waals surface area contributed by atoms with Crippen LogP contribution >= 0.6 is 0 Å². The highest BCUT2D eigenvalue weighted by molar-refractivity contribution is 5.95. The Morgan fingerprint density at radius 3 is 2.39 bits per heavy atom. The fourth-order valence-corrected chi connectivity index (χ4v) is 2.67. The number of benzene rings is 2. The van der Waals surface area contributed by atoms with E-state index in [1.165, 1.54) is 7.11 Å². The first kappa shape index (κ1) is 21.7. The molecule has 0 fully saturated rings. The maximum absolute atomic E-state index is 12.5. The minimum absolute atomic E-state index is 0.274. The van der Waals surface area contributed by atoms with Crippen molar-refractivity contribution in [3.8, 4) is 11.5 Å². The summed E-state index contributed by atoms with van der Waals surface area (Å²) >= 11 is 0. The van der Waals surface area contributed by atoms with E-state index in [2.05, 4.69) is 5.32 Å². The summed E-state index contributed by atoms with van der Waals surface area (Å²) in [6.45, 7) is 1.25. The summed E-state index contributed by atoms with van der Waals surface area (Å²) in [6.07, 6.45) is 0. The zero-order chi connectivity index (χ0) is 20.5. The molecule has 2 aromatic rings. The van der Waals surface area contributed by atoms with E-state index < -0.39 is 0 Å². The van der Waals surface area contributed by atoms with Gasteiger partial charge in [0.15, 0.2) is 0 Å². The van der Waals surface area contributed by atoms with Crippen LogP contribution in [0.4, 0.5) is 0 Å². The predicted molar refractivity (Wildman–Crippen MR) is 107 cm³/mol. The molecule has 28 heavy (non-hydrogen) atoms. The van der Waals surface area contributed by atoms with Crippen molar-refractivity contribution in [1.29, 1.82) is 0 Å². The van der Waals surface area contributed by atoms with Crippen molar-refractivity contribution in [2.24, 2.45) is 0 Å². The Hall–Kier alpha value is -2.61. The van der Waals surface area contributed by atoms with Gasteiger partial charge in [-0.2, -0.15) is 0 Å². The van der Waals surface area contributed by atoms with Crippen LogP contribution in [0, 0.1) is 0 Å². The van der Waals surface area contributed by atoms with Crippen LogP contribution in [0.15, 0.2) is 36.4 Å². The Labute approximate surface area is 165 Å². The lowest BCUT2D eigenvalue weighted by atomic mass is 10.0. The second-order valence-corrected chi connectivity index (χ2v) is 6.61. The van der Waals surface area contributed by atoms with E-state index in [1.54, 1.807) is 12.1 Å². The van der Waals surface area contributed by atoms with Gasteiger partial charge in [0.05, 0.1) is 20.3 Å². The SMILES string of the molecule is COc1cc(C(=O)NCc2ccc(OCCN(C)C)cc2)cc(CO)c1CO. The van der Waals surface area contributed by atoms with E-state index in [0.717, 1.165) is 17.9 Å². The van der Waals surface area contributed by atoms with Gasteiger partial charge in [-0.1, -0.05) is 12.1 Å². The number of nitrogens with one attached hydrogen (secondary N) is 1. The second-order valence-electron chi connectivity index (χ2n) is 6.61. The van der Waals surface area contributed by atoms with Crippen molar-refractivity contribution >= 4 is 5.91 Å². The maximum Gasteiger partial charge on any atom is 0.251 e. The quantitative estimate of drug-likeness (QED) is 0.572. The normalized spacial score (nSPS) is 10.8. The van der Waals surface area contributed by atoms with Gasteiger partial charge in [-0.15, -0.1) is 0 Å². The zero-order valence-corrected chi connectivity index (χ0v) is 16.6. The molecule has 0 bridgehead atoms. The van der Waals surface area contributed by atoms with Gasteiger partial charge in [0, 0.05) is 24.2 Å². The van der Waals surface area contributed by atoms with Crippen molar-refractivity contribution in [1.82, 2.24) is 10.2 Å². The molecule has 0 aliphatic rings. The van der Waals surface area contributed by atoms with E-state index in [9.17, 15) is 15.0 Å². The third-order valence-corrected chi connectivity index (χ3v) is 4.30. The molecule has 1 amide bonds. The van der Waals surface area contributed by atoms with Crippen LogP contribution in [0.2, 0.25) is 0 Å². The standard InChI is InChI=1S/C21H28N2O5/c1-23(2)8-9-28-18-6-4-15(5-7-18)12-22-21(26)16-10-17(13-24)19(14-25)20(11-16)27-3/h4-7,10-11,24-25H,8-9,12-14H2,1-3H3,(H,22,26). The highest BCUT2D eigenvalue weighted by atomic mass is 16.5. The van der Waals surface area contributed by atoms with Crippen molar-refractivity contribution in [2.75, 3.05) is 34.4 Å². The molecule has 7 nitrogen and oxygen atoms in total. The molecular formula is C21H28N2O5. The maximum atomic E-state index is 12.5. The number of methoxy groups -OCH3 is 1. The van der Waals surface area contributed by atoms with Crippen molar-refractivity contribution in [3.63, 3.8) is 0 Å². The molecule has 0 saturated heterocycles. The van der Waals surface area contributed by atoms with Gasteiger partial charge in [-0.05, 0) is 49.5 Å². The number of carbonyl (C=O) groups excluding carboxylic acids is 1. The Morgan fingerprint density at radius 2 is 1.82 bits per heavy atom. The van der Waals surface area contributed by atoms with Gasteiger partial charge in [-0.25, -0.2) is 0 Å². The smallest absolute Gasteiger partial charge is 0.251 e. The first-order valence-electron chi connectivity index (χ1n) is 9.04. The van der Waals surface area contributed by atoms with Crippen molar-refractivity contribution < 1.29 is 24.5 Å². The van der Waals surface area contributed by atoms with Gasteiger partial charge in [-0.3, -0.25) is 4.79 Å². The first-order chi connectivity index (χ1) is 13.5. The number of carbonyl (C=O) groups is 1. The molecular weight excluding hydrogens is 360 g/mol. The van der Waals surface area contributed by atoms with Crippen LogP contribution in [0.5, 0.6) is 11.5 Å². The molecule has 0 aromatic heterocycles. The largest absolute Gasteiger partial charge is 0.496 e. The average molecular weight is 388 g/mol. The van der Waals surface area contributed by atoms with E-state index in [0.29, 0.717) is 35.6 Å². The molecule has 2 aromatic carbocycles. The summed E-state index contributed by atoms with van der Waals surface area (Å²) in [7, 11) is 5.44. The minimum Gasteiger partial charge on any atom is -0.496 e. The molecule has 3 N–H and O–H groups in total. The van der Waals surface area contributed by atoms with Crippen LogP contribution in [0.1, 0.15) is 27.0 Å². The van der Waals surface area contributed by atoms with Crippen LogP contribution in [0.25, 0.3) is 0 Å². The number of likely N-dealkylation sites (N-methyl/N-ethyl adjacent to an activating group) is 1. The van der Waals surface area contributed by atoms with Crippen LogP contribution in [-0.2, 0) is 19.8 Å². The number of aliphatic hydroxyl groups is 2. The van der Waals surface area contributed by atoms with Crippen LogP contribution in [0.3, 0.4) is 0 Å². The van der Waals surface area contributed by atoms with Crippen molar-refractivity contribution in [2.45, 2.75) is 19.8 Å². The van der Waals surface area contributed by atoms with Crippen LogP contribution in [-0.4, -0.2) is 55.4 Å². The molecule has 7 heteroatoms. The highest BCUT2D eigenvalue weighted by Gasteiger charge is 2.14. The Balaban J connectivity index is 1.98. The monoisotopic (exact) mass is 388 g/mol. The van der Waals surface area contributed by atoms with E-state index in [-0.39, 0.29) is 19.1 Å². The zero-order valence-electron chi connectivity index (χ0n) is 16.6. The Kier molecular flexibility index (Phi) is 8.25. The molecule has 0 unspecified atom stereocenters. The summed E-state index contributed by atoms with van der Waals surface area (Å²) in [5.41, 5.74) is 2.24. The van der Waals surface area contributed by atoms with Gasteiger partial charge in [0.1, 0.15) is 18.1 Å². The highest BCUT2D eigenvalue weighted by Crippen LogP contribution is 2.25. The molecule has 152 valence electrons. The molecule has 2 rings (SSSR count).